The third kappa shape index (κ3) is 3.63. The van der Waals surface area contributed by atoms with Crippen LogP contribution in [0.5, 0.6) is 17.2 Å². The summed E-state index contributed by atoms with van der Waals surface area (Å²) < 4.78 is 11.0. The molecule has 3 aromatic rings. The van der Waals surface area contributed by atoms with Crippen LogP contribution in [0.4, 0.5) is 0 Å². The molecule has 3 aromatic carbocycles. The molecule has 0 aliphatic carbocycles. The molecule has 3 rings (SSSR count). The van der Waals surface area contributed by atoms with Gasteiger partial charge in [0.1, 0.15) is 17.2 Å². The van der Waals surface area contributed by atoms with Crippen molar-refractivity contribution < 1.29 is 9.47 Å². The highest BCUT2D eigenvalue weighted by molar-refractivity contribution is 6.10. The average molecular weight is 317 g/mol. The summed E-state index contributed by atoms with van der Waals surface area (Å²) in [6.45, 7) is 2.04. The van der Waals surface area contributed by atoms with E-state index in [2.05, 4.69) is 0 Å². The number of methoxy groups -OCH3 is 1. The molecule has 0 unspecified atom stereocenters. The Labute approximate surface area is 142 Å². The summed E-state index contributed by atoms with van der Waals surface area (Å²) in [4.78, 5) is 0. The molecule has 120 valence electrons. The number of hydrogen-bond donors (Lipinski definition) is 1. The molecular formula is C21H19NO2. The van der Waals surface area contributed by atoms with Gasteiger partial charge in [-0.25, -0.2) is 0 Å². The van der Waals surface area contributed by atoms with Gasteiger partial charge in [-0.05, 0) is 67.6 Å². The molecule has 0 spiro atoms. The highest BCUT2D eigenvalue weighted by atomic mass is 16.5. The number of hydrogen-bond acceptors (Lipinski definition) is 3. The minimum Gasteiger partial charge on any atom is -0.497 e. The molecule has 0 fully saturated rings. The van der Waals surface area contributed by atoms with Gasteiger partial charge in [-0.15, -0.1) is 0 Å². The molecule has 1 N–H and O–H groups in total. The van der Waals surface area contributed by atoms with E-state index in [1.165, 1.54) is 5.56 Å². The Morgan fingerprint density at radius 3 is 1.54 bits per heavy atom. The largest absolute Gasteiger partial charge is 0.497 e. The van der Waals surface area contributed by atoms with Gasteiger partial charge in [0.25, 0.3) is 0 Å². The minimum atomic E-state index is 0.472. The molecule has 3 nitrogen and oxygen atoms in total. The van der Waals surface area contributed by atoms with Gasteiger partial charge in [0.15, 0.2) is 0 Å². The lowest BCUT2D eigenvalue weighted by molar-refractivity contribution is 0.415. The van der Waals surface area contributed by atoms with Crippen molar-refractivity contribution in [3.05, 3.63) is 89.5 Å². The number of nitrogens with one attached hydrogen (secondary N) is 1. The predicted octanol–water partition coefficient (Wildman–Crippen LogP) is 5.21. The maximum atomic E-state index is 8.33. The Hall–Kier alpha value is -3.07. The monoisotopic (exact) mass is 317 g/mol. The number of ether oxygens (including phenoxy) is 2. The van der Waals surface area contributed by atoms with Crippen molar-refractivity contribution in [2.45, 2.75) is 6.92 Å². The standard InChI is InChI=1S/C21H19NO2/c1-15-3-9-19(10-4-15)24-20-13-7-17(8-14-20)21(22)16-5-11-18(23-2)12-6-16/h3-14,22H,1-2H3. The SMILES string of the molecule is COc1ccc(C(=N)c2ccc(Oc3ccc(C)cc3)cc2)cc1. The maximum absolute atomic E-state index is 8.33. The fourth-order valence-electron chi connectivity index (χ4n) is 2.36. The van der Waals surface area contributed by atoms with Crippen molar-refractivity contribution in [3.8, 4) is 17.2 Å². The quantitative estimate of drug-likeness (QED) is 0.656. The van der Waals surface area contributed by atoms with Crippen molar-refractivity contribution in [1.82, 2.24) is 0 Å². The van der Waals surface area contributed by atoms with Crippen molar-refractivity contribution in [3.63, 3.8) is 0 Å². The molecular weight excluding hydrogens is 298 g/mol. The highest BCUT2D eigenvalue weighted by Gasteiger charge is 2.06. The maximum Gasteiger partial charge on any atom is 0.127 e. The van der Waals surface area contributed by atoms with Gasteiger partial charge in [0.2, 0.25) is 0 Å². The van der Waals surface area contributed by atoms with Crippen molar-refractivity contribution in [2.24, 2.45) is 0 Å². The molecule has 0 heterocycles. The van der Waals surface area contributed by atoms with Gasteiger partial charge in [-0.3, -0.25) is 5.41 Å². The van der Waals surface area contributed by atoms with Crippen LogP contribution in [0.3, 0.4) is 0 Å². The Morgan fingerprint density at radius 1 is 0.667 bits per heavy atom. The second kappa shape index (κ2) is 7.01. The van der Waals surface area contributed by atoms with Gasteiger partial charge in [-0.1, -0.05) is 17.7 Å². The van der Waals surface area contributed by atoms with Crippen LogP contribution in [0.2, 0.25) is 0 Å². The van der Waals surface area contributed by atoms with Gasteiger partial charge in [0, 0.05) is 11.1 Å². The van der Waals surface area contributed by atoms with Crippen molar-refractivity contribution in [2.75, 3.05) is 7.11 Å². The molecule has 0 amide bonds. The zero-order valence-electron chi connectivity index (χ0n) is 13.7. The van der Waals surface area contributed by atoms with Gasteiger partial charge >= 0.3 is 0 Å². The summed E-state index contributed by atoms with van der Waals surface area (Å²) in [6.07, 6.45) is 0. The van der Waals surface area contributed by atoms with Gasteiger partial charge in [-0.2, -0.15) is 0 Å². The van der Waals surface area contributed by atoms with Crippen LogP contribution in [0, 0.1) is 12.3 Å². The normalized spacial score (nSPS) is 10.2. The zero-order chi connectivity index (χ0) is 16.9. The van der Waals surface area contributed by atoms with E-state index >= 15 is 0 Å². The van der Waals surface area contributed by atoms with E-state index in [1.807, 2.05) is 79.7 Å². The fourth-order valence-corrected chi connectivity index (χ4v) is 2.36. The molecule has 0 radical (unpaired) electrons. The van der Waals surface area contributed by atoms with Crippen LogP contribution in [0.25, 0.3) is 0 Å². The highest BCUT2D eigenvalue weighted by Crippen LogP contribution is 2.23. The van der Waals surface area contributed by atoms with Crippen LogP contribution in [-0.4, -0.2) is 12.8 Å². The topological polar surface area (TPSA) is 42.3 Å². The Morgan fingerprint density at radius 2 is 1.08 bits per heavy atom. The second-order valence-electron chi connectivity index (χ2n) is 5.54. The first-order valence-corrected chi connectivity index (χ1v) is 7.73. The molecule has 0 aliphatic heterocycles. The third-order valence-corrected chi connectivity index (χ3v) is 3.78. The third-order valence-electron chi connectivity index (χ3n) is 3.78. The lowest BCUT2D eigenvalue weighted by atomic mass is 10.0. The summed E-state index contributed by atoms with van der Waals surface area (Å²) in [6, 6.07) is 23.0. The lowest BCUT2D eigenvalue weighted by Gasteiger charge is -2.09. The first-order chi connectivity index (χ1) is 11.7. The van der Waals surface area contributed by atoms with Crippen LogP contribution in [0.15, 0.2) is 72.8 Å². The summed E-state index contributed by atoms with van der Waals surface area (Å²) in [5, 5.41) is 8.33. The summed E-state index contributed by atoms with van der Waals surface area (Å²) in [7, 11) is 1.63. The first kappa shape index (κ1) is 15.8. The van der Waals surface area contributed by atoms with Crippen LogP contribution >= 0.6 is 0 Å². The Kier molecular flexibility index (Phi) is 4.62. The van der Waals surface area contributed by atoms with Crippen LogP contribution in [-0.2, 0) is 0 Å². The van der Waals surface area contributed by atoms with E-state index in [4.69, 9.17) is 14.9 Å². The summed E-state index contributed by atoms with van der Waals surface area (Å²) in [5.41, 5.74) is 3.37. The molecule has 0 aliphatic rings. The molecule has 0 saturated carbocycles. The van der Waals surface area contributed by atoms with Crippen molar-refractivity contribution in [1.29, 1.82) is 5.41 Å². The van der Waals surface area contributed by atoms with E-state index < -0.39 is 0 Å². The number of benzene rings is 3. The van der Waals surface area contributed by atoms with E-state index in [0.717, 1.165) is 28.4 Å². The molecule has 3 heteroatoms. The molecule has 0 bridgehead atoms. The van der Waals surface area contributed by atoms with Crippen LogP contribution < -0.4 is 9.47 Å². The van der Waals surface area contributed by atoms with Crippen molar-refractivity contribution >= 4 is 5.71 Å². The van der Waals surface area contributed by atoms with E-state index in [-0.39, 0.29) is 0 Å². The molecule has 0 saturated heterocycles. The van der Waals surface area contributed by atoms with Gasteiger partial charge in [0.05, 0.1) is 12.8 Å². The van der Waals surface area contributed by atoms with Gasteiger partial charge < -0.3 is 9.47 Å². The number of aryl methyl sites for hydroxylation is 1. The smallest absolute Gasteiger partial charge is 0.127 e. The van der Waals surface area contributed by atoms with E-state index in [9.17, 15) is 0 Å². The Bertz CT molecular complexity index is 819. The first-order valence-electron chi connectivity index (χ1n) is 7.73. The molecule has 0 atom stereocenters. The van der Waals surface area contributed by atoms with E-state index in [1.54, 1.807) is 7.11 Å². The zero-order valence-corrected chi connectivity index (χ0v) is 13.7. The lowest BCUT2D eigenvalue weighted by Crippen LogP contribution is -2.01. The second-order valence-corrected chi connectivity index (χ2v) is 5.54. The fraction of sp³-hybridized carbons (Fsp3) is 0.0952. The Balaban J connectivity index is 1.73. The average Bonchev–Trinajstić information content (AvgIpc) is 2.64. The molecule has 24 heavy (non-hydrogen) atoms. The minimum absolute atomic E-state index is 0.472. The molecule has 0 aromatic heterocycles. The summed E-state index contributed by atoms with van der Waals surface area (Å²) >= 11 is 0. The number of rotatable bonds is 5. The summed E-state index contributed by atoms with van der Waals surface area (Å²) in [5.74, 6) is 2.34. The van der Waals surface area contributed by atoms with Crippen LogP contribution in [0.1, 0.15) is 16.7 Å². The predicted molar refractivity (Wildman–Crippen MR) is 96.6 cm³/mol. The van der Waals surface area contributed by atoms with E-state index in [0.29, 0.717) is 5.71 Å².